The first-order chi connectivity index (χ1) is 6.74. The number of aromatic nitrogens is 1. The van der Waals surface area contributed by atoms with Crippen LogP contribution in [0.25, 0.3) is 0 Å². The summed E-state index contributed by atoms with van der Waals surface area (Å²) in [6.07, 6.45) is 7.17. The molecule has 4 heteroatoms. The zero-order valence-corrected chi connectivity index (χ0v) is 7.53. The van der Waals surface area contributed by atoms with Gasteiger partial charge in [-0.25, -0.2) is 9.78 Å². The number of hydrogen-bond donors (Lipinski definition) is 2. The molecule has 2 N–H and O–H groups in total. The Morgan fingerprint density at radius 1 is 1.64 bits per heavy atom. The molecule has 4 nitrogen and oxygen atoms in total. The standard InChI is InChI=1S/C10H10N2O2/c1-2-3-6-11-8-4-5-9(10(13)14)12-7-8/h1,4-5,7,11H,3,6H2,(H,13,14). The predicted molar refractivity (Wildman–Crippen MR) is 53.1 cm³/mol. The number of anilines is 1. The Morgan fingerprint density at radius 2 is 2.43 bits per heavy atom. The van der Waals surface area contributed by atoms with Gasteiger partial charge in [0.25, 0.3) is 0 Å². The van der Waals surface area contributed by atoms with Crippen molar-refractivity contribution in [1.82, 2.24) is 4.98 Å². The lowest BCUT2D eigenvalue weighted by atomic mass is 10.3. The van der Waals surface area contributed by atoms with E-state index in [9.17, 15) is 4.79 Å². The number of terminal acetylenes is 1. The second-order valence-electron chi connectivity index (χ2n) is 2.62. The van der Waals surface area contributed by atoms with Crippen LogP contribution < -0.4 is 5.32 Å². The molecular formula is C10H10N2O2. The van der Waals surface area contributed by atoms with E-state index in [1.165, 1.54) is 12.3 Å². The number of hydrogen-bond acceptors (Lipinski definition) is 3. The summed E-state index contributed by atoms with van der Waals surface area (Å²) in [6.45, 7) is 0.657. The van der Waals surface area contributed by atoms with Gasteiger partial charge in [0.15, 0.2) is 0 Å². The van der Waals surface area contributed by atoms with E-state index < -0.39 is 5.97 Å². The van der Waals surface area contributed by atoms with Gasteiger partial charge in [0.2, 0.25) is 0 Å². The SMILES string of the molecule is C#CCCNc1ccc(C(=O)O)nc1. The second-order valence-corrected chi connectivity index (χ2v) is 2.62. The van der Waals surface area contributed by atoms with E-state index in [0.717, 1.165) is 5.69 Å². The highest BCUT2D eigenvalue weighted by Gasteiger charge is 2.02. The minimum absolute atomic E-state index is 0.0347. The van der Waals surface area contributed by atoms with Crippen molar-refractivity contribution in [1.29, 1.82) is 0 Å². The molecule has 0 unspecified atom stereocenters. The lowest BCUT2D eigenvalue weighted by Crippen LogP contribution is -2.03. The molecule has 0 aromatic carbocycles. The molecule has 0 fully saturated rings. The average molecular weight is 190 g/mol. The summed E-state index contributed by atoms with van der Waals surface area (Å²) in [5.41, 5.74) is 0.803. The van der Waals surface area contributed by atoms with E-state index >= 15 is 0 Å². The van der Waals surface area contributed by atoms with Gasteiger partial charge in [-0.1, -0.05) is 0 Å². The summed E-state index contributed by atoms with van der Waals surface area (Å²) >= 11 is 0. The zero-order chi connectivity index (χ0) is 10.4. The first kappa shape index (κ1) is 10.1. The van der Waals surface area contributed by atoms with E-state index in [1.54, 1.807) is 6.07 Å². The normalized spacial score (nSPS) is 9.07. The minimum Gasteiger partial charge on any atom is -0.477 e. The van der Waals surface area contributed by atoms with Crippen molar-refractivity contribution in [2.75, 3.05) is 11.9 Å². The number of carboxylic acid groups (broad SMARTS) is 1. The van der Waals surface area contributed by atoms with Crippen molar-refractivity contribution in [3.63, 3.8) is 0 Å². The van der Waals surface area contributed by atoms with Crippen LogP contribution >= 0.6 is 0 Å². The molecule has 0 atom stereocenters. The summed E-state index contributed by atoms with van der Waals surface area (Å²) < 4.78 is 0. The lowest BCUT2D eigenvalue weighted by molar-refractivity contribution is 0.0690. The number of rotatable bonds is 4. The summed E-state index contributed by atoms with van der Waals surface area (Å²) in [5.74, 6) is 1.46. The fourth-order valence-electron chi connectivity index (χ4n) is 0.904. The Balaban J connectivity index is 2.56. The summed E-state index contributed by atoms with van der Waals surface area (Å²) in [5, 5.41) is 11.6. The maximum atomic E-state index is 10.5. The minimum atomic E-state index is -1.03. The van der Waals surface area contributed by atoms with E-state index in [2.05, 4.69) is 16.2 Å². The summed E-state index contributed by atoms with van der Waals surface area (Å²) in [6, 6.07) is 3.10. The molecule has 0 bridgehead atoms. The Morgan fingerprint density at radius 3 is 2.93 bits per heavy atom. The third-order valence-electron chi connectivity index (χ3n) is 1.58. The summed E-state index contributed by atoms with van der Waals surface area (Å²) in [4.78, 5) is 14.2. The monoisotopic (exact) mass is 190 g/mol. The average Bonchev–Trinajstić information content (AvgIpc) is 2.19. The maximum Gasteiger partial charge on any atom is 0.354 e. The van der Waals surface area contributed by atoms with Crippen LogP contribution in [0.15, 0.2) is 18.3 Å². The Bertz CT molecular complexity index is 351. The van der Waals surface area contributed by atoms with Crippen molar-refractivity contribution >= 4 is 11.7 Å². The highest BCUT2D eigenvalue weighted by molar-refractivity contribution is 5.85. The lowest BCUT2D eigenvalue weighted by Gasteiger charge is -2.02. The molecule has 0 aliphatic carbocycles. The highest BCUT2D eigenvalue weighted by Crippen LogP contribution is 2.05. The van der Waals surface area contributed by atoms with Gasteiger partial charge < -0.3 is 10.4 Å². The fourth-order valence-corrected chi connectivity index (χ4v) is 0.904. The molecule has 0 saturated carbocycles. The van der Waals surface area contributed by atoms with Crippen molar-refractivity contribution in [2.45, 2.75) is 6.42 Å². The van der Waals surface area contributed by atoms with Crippen LogP contribution in [0.3, 0.4) is 0 Å². The Kier molecular flexibility index (Phi) is 3.50. The molecule has 1 rings (SSSR count). The third kappa shape index (κ3) is 2.79. The van der Waals surface area contributed by atoms with Gasteiger partial charge in [-0.3, -0.25) is 0 Å². The van der Waals surface area contributed by atoms with Gasteiger partial charge in [0.05, 0.1) is 11.9 Å². The largest absolute Gasteiger partial charge is 0.477 e. The quantitative estimate of drug-likeness (QED) is 0.553. The molecule has 0 saturated heterocycles. The summed E-state index contributed by atoms with van der Waals surface area (Å²) in [7, 11) is 0. The van der Waals surface area contributed by atoms with Crippen LogP contribution in [0.1, 0.15) is 16.9 Å². The Labute approximate surface area is 82.0 Å². The zero-order valence-electron chi connectivity index (χ0n) is 7.53. The number of aromatic carboxylic acids is 1. The predicted octanol–water partition coefficient (Wildman–Crippen LogP) is 1.22. The third-order valence-corrected chi connectivity index (χ3v) is 1.58. The first-order valence-corrected chi connectivity index (χ1v) is 4.10. The topological polar surface area (TPSA) is 62.2 Å². The van der Waals surface area contributed by atoms with Crippen LogP contribution in [0.4, 0.5) is 5.69 Å². The van der Waals surface area contributed by atoms with Crippen LogP contribution in [0.2, 0.25) is 0 Å². The molecule has 14 heavy (non-hydrogen) atoms. The van der Waals surface area contributed by atoms with Crippen molar-refractivity contribution in [3.8, 4) is 12.3 Å². The van der Waals surface area contributed by atoms with Crippen molar-refractivity contribution in [2.24, 2.45) is 0 Å². The van der Waals surface area contributed by atoms with E-state index in [0.29, 0.717) is 13.0 Å². The number of nitrogens with one attached hydrogen (secondary N) is 1. The van der Waals surface area contributed by atoms with Gasteiger partial charge in [-0.2, -0.15) is 0 Å². The van der Waals surface area contributed by atoms with Crippen LogP contribution in [-0.2, 0) is 0 Å². The molecule has 1 aromatic heterocycles. The second kappa shape index (κ2) is 4.87. The fraction of sp³-hybridized carbons (Fsp3) is 0.200. The molecule has 1 heterocycles. The van der Waals surface area contributed by atoms with Gasteiger partial charge in [0.1, 0.15) is 5.69 Å². The first-order valence-electron chi connectivity index (χ1n) is 4.10. The van der Waals surface area contributed by atoms with E-state index in [1.807, 2.05) is 0 Å². The molecule has 0 aliphatic heterocycles. The highest BCUT2D eigenvalue weighted by atomic mass is 16.4. The molecule has 0 radical (unpaired) electrons. The molecule has 0 amide bonds. The van der Waals surface area contributed by atoms with E-state index in [4.69, 9.17) is 11.5 Å². The van der Waals surface area contributed by atoms with Crippen molar-refractivity contribution < 1.29 is 9.90 Å². The number of pyridine rings is 1. The molecule has 0 aliphatic rings. The maximum absolute atomic E-state index is 10.5. The molecule has 0 spiro atoms. The number of carbonyl (C=O) groups is 1. The van der Waals surface area contributed by atoms with Crippen LogP contribution in [0.5, 0.6) is 0 Å². The molecule has 1 aromatic rings. The van der Waals surface area contributed by atoms with Gasteiger partial charge in [-0.15, -0.1) is 12.3 Å². The van der Waals surface area contributed by atoms with Gasteiger partial charge in [0, 0.05) is 13.0 Å². The van der Waals surface area contributed by atoms with Gasteiger partial charge in [-0.05, 0) is 12.1 Å². The molecular weight excluding hydrogens is 180 g/mol. The number of carboxylic acids is 1. The van der Waals surface area contributed by atoms with Crippen LogP contribution in [-0.4, -0.2) is 22.6 Å². The van der Waals surface area contributed by atoms with Crippen LogP contribution in [0, 0.1) is 12.3 Å². The molecule has 72 valence electrons. The Hall–Kier alpha value is -2.02. The number of nitrogens with zero attached hydrogens (tertiary/aromatic N) is 1. The smallest absolute Gasteiger partial charge is 0.354 e. The van der Waals surface area contributed by atoms with E-state index in [-0.39, 0.29) is 5.69 Å². The van der Waals surface area contributed by atoms with Crippen molar-refractivity contribution in [3.05, 3.63) is 24.0 Å². The van der Waals surface area contributed by atoms with Gasteiger partial charge >= 0.3 is 5.97 Å².